The van der Waals surface area contributed by atoms with Gasteiger partial charge in [-0.15, -0.1) is 0 Å². The first kappa shape index (κ1) is 17.9. The lowest BCUT2D eigenvalue weighted by atomic mass is 10.0. The summed E-state index contributed by atoms with van der Waals surface area (Å²) in [5, 5.41) is 0. The Balaban J connectivity index is 1.56. The van der Waals surface area contributed by atoms with Gasteiger partial charge in [0.1, 0.15) is 5.75 Å². The van der Waals surface area contributed by atoms with E-state index in [1.54, 1.807) is 24.3 Å². The van der Waals surface area contributed by atoms with Crippen molar-refractivity contribution in [1.82, 2.24) is 4.90 Å². The summed E-state index contributed by atoms with van der Waals surface area (Å²) >= 11 is 0. The van der Waals surface area contributed by atoms with Crippen molar-refractivity contribution >= 4 is 11.7 Å². The highest BCUT2D eigenvalue weighted by atomic mass is 16.7. The molecule has 136 valence electrons. The lowest BCUT2D eigenvalue weighted by Gasteiger charge is -2.37. The van der Waals surface area contributed by atoms with Crippen molar-refractivity contribution in [1.29, 1.82) is 0 Å². The molecule has 2 aliphatic heterocycles. The predicted octanol–water partition coefficient (Wildman–Crippen LogP) is 2.41. The molecule has 0 saturated carbocycles. The fourth-order valence-corrected chi connectivity index (χ4v) is 3.32. The number of nitrogens with zero attached hydrogens (tertiary/aromatic N) is 1. The third-order valence-corrected chi connectivity index (χ3v) is 4.69. The van der Waals surface area contributed by atoms with E-state index in [-0.39, 0.29) is 30.6 Å². The van der Waals surface area contributed by atoms with Gasteiger partial charge in [-0.05, 0) is 43.5 Å². The average Bonchev–Trinajstić information content (AvgIpc) is 3.20. The van der Waals surface area contributed by atoms with Crippen LogP contribution < -0.4 is 4.74 Å². The van der Waals surface area contributed by atoms with Gasteiger partial charge in [0.25, 0.3) is 5.91 Å². The molecule has 0 aromatic heterocycles. The third kappa shape index (κ3) is 4.38. The normalized spacial score (nSPS) is 21.3. The maximum absolute atomic E-state index is 12.6. The van der Waals surface area contributed by atoms with Crippen LogP contribution >= 0.6 is 0 Å². The summed E-state index contributed by atoms with van der Waals surface area (Å²) in [7, 11) is 0. The van der Waals surface area contributed by atoms with Crippen molar-refractivity contribution in [2.24, 2.45) is 0 Å². The maximum Gasteiger partial charge on any atom is 0.260 e. The number of carbonyl (C=O) groups is 2. The number of ether oxygens (including phenoxy) is 3. The molecule has 3 rings (SSSR count). The predicted molar refractivity (Wildman–Crippen MR) is 91.6 cm³/mol. The van der Waals surface area contributed by atoms with Crippen LogP contribution in [0.25, 0.3) is 0 Å². The number of carbonyl (C=O) groups excluding carboxylic acids is 2. The molecule has 0 radical (unpaired) electrons. The van der Waals surface area contributed by atoms with Crippen LogP contribution in [0.3, 0.4) is 0 Å². The second-order valence-electron chi connectivity index (χ2n) is 6.35. The van der Waals surface area contributed by atoms with Crippen LogP contribution in [0, 0.1) is 0 Å². The van der Waals surface area contributed by atoms with Crippen LogP contribution in [0.15, 0.2) is 24.3 Å². The summed E-state index contributed by atoms with van der Waals surface area (Å²) in [5.41, 5.74) is 0.660. The molecule has 1 aromatic rings. The molecule has 1 unspecified atom stereocenters. The number of likely N-dealkylation sites (tertiary alicyclic amines) is 1. The lowest BCUT2D eigenvalue weighted by Crippen LogP contribution is -2.51. The summed E-state index contributed by atoms with van der Waals surface area (Å²) in [5.74, 6) is 0.621. The Labute approximate surface area is 148 Å². The van der Waals surface area contributed by atoms with E-state index in [1.807, 2.05) is 11.8 Å². The van der Waals surface area contributed by atoms with Crippen molar-refractivity contribution in [2.75, 3.05) is 26.4 Å². The van der Waals surface area contributed by atoms with Crippen molar-refractivity contribution < 1.29 is 23.8 Å². The molecular weight excluding hydrogens is 322 g/mol. The van der Waals surface area contributed by atoms with Crippen molar-refractivity contribution in [3.63, 3.8) is 0 Å². The molecule has 2 saturated heterocycles. The minimum Gasteiger partial charge on any atom is -0.484 e. The van der Waals surface area contributed by atoms with E-state index in [4.69, 9.17) is 14.2 Å². The van der Waals surface area contributed by atoms with E-state index in [0.29, 0.717) is 37.5 Å². The van der Waals surface area contributed by atoms with E-state index in [9.17, 15) is 9.59 Å². The molecule has 0 N–H and O–H groups in total. The van der Waals surface area contributed by atoms with Gasteiger partial charge < -0.3 is 19.1 Å². The van der Waals surface area contributed by atoms with Gasteiger partial charge in [0.15, 0.2) is 18.7 Å². The van der Waals surface area contributed by atoms with Crippen LogP contribution in [0.1, 0.15) is 43.0 Å². The highest BCUT2D eigenvalue weighted by molar-refractivity contribution is 5.95. The second-order valence-corrected chi connectivity index (χ2v) is 6.35. The molecule has 2 heterocycles. The van der Waals surface area contributed by atoms with Gasteiger partial charge in [-0.2, -0.15) is 0 Å². The Morgan fingerprint density at radius 3 is 2.56 bits per heavy atom. The minimum atomic E-state index is -0.316. The topological polar surface area (TPSA) is 65.1 Å². The molecule has 2 fully saturated rings. The monoisotopic (exact) mass is 347 g/mol. The summed E-state index contributed by atoms with van der Waals surface area (Å²) < 4.78 is 16.8. The van der Waals surface area contributed by atoms with Crippen molar-refractivity contribution in [2.45, 2.75) is 44.9 Å². The van der Waals surface area contributed by atoms with Gasteiger partial charge in [0.2, 0.25) is 0 Å². The van der Waals surface area contributed by atoms with E-state index in [0.717, 1.165) is 19.3 Å². The van der Waals surface area contributed by atoms with E-state index < -0.39 is 0 Å². The number of benzene rings is 1. The second kappa shape index (κ2) is 8.45. The summed E-state index contributed by atoms with van der Waals surface area (Å²) in [6.07, 6.45) is 3.11. The number of hydrogen-bond acceptors (Lipinski definition) is 5. The first-order valence-electron chi connectivity index (χ1n) is 8.97. The number of ketones is 1. The third-order valence-electron chi connectivity index (χ3n) is 4.69. The fraction of sp³-hybridized carbons (Fsp3) is 0.579. The van der Waals surface area contributed by atoms with Crippen LogP contribution in [0.5, 0.6) is 5.75 Å². The molecule has 25 heavy (non-hydrogen) atoms. The Hall–Kier alpha value is -1.92. The van der Waals surface area contributed by atoms with Crippen molar-refractivity contribution in [3.05, 3.63) is 29.8 Å². The quantitative estimate of drug-likeness (QED) is 0.740. The molecule has 1 amide bonds. The smallest absolute Gasteiger partial charge is 0.260 e. The summed E-state index contributed by atoms with van der Waals surface area (Å²) in [6.45, 7) is 3.69. The van der Waals surface area contributed by atoms with Gasteiger partial charge in [-0.25, -0.2) is 0 Å². The number of piperidine rings is 1. The molecule has 1 atom stereocenters. The molecule has 6 nitrogen and oxygen atoms in total. The average molecular weight is 347 g/mol. The van der Waals surface area contributed by atoms with Crippen molar-refractivity contribution in [3.8, 4) is 5.75 Å². The summed E-state index contributed by atoms with van der Waals surface area (Å²) in [6, 6.07) is 6.89. The van der Waals surface area contributed by atoms with Crippen LogP contribution in [-0.2, 0) is 14.3 Å². The zero-order valence-electron chi connectivity index (χ0n) is 14.6. The van der Waals surface area contributed by atoms with E-state index >= 15 is 0 Å². The molecule has 0 aliphatic carbocycles. The zero-order chi connectivity index (χ0) is 17.6. The molecule has 1 aromatic carbocycles. The minimum absolute atomic E-state index is 0.0235. The van der Waals surface area contributed by atoms with E-state index in [2.05, 4.69) is 0 Å². The Kier molecular flexibility index (Phi) is 6.04. The zero-order valence-corrected chi connectivity index (χ0v) is 14.6. The Morgan fingerprint density at radius 1 is 1.16 bits per heavy atom. The Bertz CT molecular complexity index is 594. The first-order chi connectivity index (χ1) is 12.2. The highest BCUT2D eigenvalue weighted by Gasteiger charge is 2.36. The number of amides is 1. The summed E-state index contributed by atoms with van der Waals surface area (Å²) in [4.78, 5) is 26.1. The number of Topliss-reactive ketones (excluding diaryl/α,β-unsaturated/α-hetero) is 1. The van der Waals surface area contributed by atoms with Crippen LogP contribution in [0.2, 0.25) is 0 Å². The lowest BCUT2D eigenvalue weighted by molar-refractivity contribution is -0.152. The Morgan fingerprint density at radius 2 is 1.88 bits per heavy atom. The first-order valence-corrected chi connectivity index (χ1v) is 8.97. The standard InChI is InChI=1S/C19H25NO5/c1-2-17(21)14-6-8-15(9-7-14)25-13-18(22)20-10-4-3-5-16(20)19-23-11-12-24-19/h6-9,16,19H,2-5,10-13H2,1H3. The van der Waals surface area contributed by atoms with Gasteiger partial charge in [-0.3, -0.25) is 9.59 Å². The molecule has 6 heteroatoms. The molecule has 2 aliphatic rings. The number of rotatable bonds is 6. The SMILES string of the molecule is CCC(=O)c1ccc(OCC(=O)N2CCCCC2C2OCCO2)cc1. The molecule has 0 bridgehead atoms. The van der Waals surface area contributed by atoms with Gasteiger partial charge in [-0.1, -0.05) is 6.92 Å². The maximum atomic E-state index is 12.6. The van der Waals surface area contributed by atoms with Gasteiger partial charge in [0, 0.05) is 18.5 Å². The van der Waals surface area contributed by atoms with Gasteiger partial charge >= 0.3 is 0 Å². The van der Waals surface area contributed by atoms with Crippen LogP contribution in [0.4, 0.5) is 0 Å². The van der Waals surface area contributed by atoms with Gasteiger partial charge in [0.05, 0.1) is 19.3 Å². The highest BCUT2D eigenvalue weighted by Crippen LogP contribution is 2.24. The van der Waals surface area contributed by atoms with Crippen LogP contribution in [-0.4, -0.2) is 55.3 Å². The molecular formula is C19H25NO5. The molecule has 0 spiro atoms. The largest absolute Gasteiger partial charge is 0.484 e. The number of hydrogen-bond donors (Lipinski definition) is 0. The fourth-order valence-electron chi connectivity index (χ4n) is 3.32. The van der Waals surface area contributed by atoms with E-state index in [1.165, 1.54) is 0 Å².